The van der Waals surface area contributed by atoms with Crippen molar-refractivity contribution in [1.29, 1.82) is 0 Å². The maximum atomic E-state index is 12.6. The van der Waals surface area contributed by atoms with E-state index in [1.807, 2.05) is 38.4 Å². The van der Waals surface area contributed by atoms with Gasteiger partial charge < -0.3 is 21.1 Å². The second-order valence-corrected chi connectivity index (χ2v) is 10.2. The lowest BCUT2D eigenvalue weighted by Gasteiger charge is -2.24. The topological polar surface area (TPSA) is 124 Å². The summed E-state index contributed by atoms with van der Waals surface area (Å²) in [5.74, 6) is 0.492. The summed E-state index contributed by atoms with van der Waals surface area (Å²) in [6.07, 6.45) is 5.07. The Labute approximate surface area is 197 Å². The molecule has 0 aliphatic heterocycles. The van der Waals surface area contributed by atoms with Crippen molar-refractivity contribution >= 4 is 24.0 Å². The Bertz CT molecular complexity index is 879. The molecular formula is C24H40N6O3. The molecule has 1 fully saturated rings. The van der Waals surface area contributed by atoms with Crippen molar-refractivity contribution in [1.82, 2.24) is 15.1 Å². The first-order valence-corrected chi connectivity index (χ1v) is 11.7. The molecule has 9 nitrogen and oxygen atoms in total. The molecule has 2 amide bonds. The molecule has 2 unspecified atom stereocenters. The molecule has 0 radical (unpaired) electrons. The van der Waals surface area contributed by atoms with Crippen LogP contribution >= 0.6 is 0 Å². The largest absolute Gasteiger partial charge is 0.446 e. The van der Waals surface area contributed by atoms with Crippen LogP contribution in [0.5, 0.6) is 0 Å². The number of nitrogens with zero attached hydrogens (tertiary/aromatic N) is 3. The fourth-order valence-corrected chi connectivity index (χ4v) is 3.79. The molecular weight excluding hydrogens is 420 g/mol. The third-order valence-electron chi connectivity index (χ3n) is 5.24. The number of aromatic nitrogens is 2. The van der Waals surface area contributed by atoms with Crippen LogP contribution in [0, 0.1) is 0 Å². The first-order chi connectivity index (χ1) is 15.4. The summed E-state index contributed by atoms with van der Waals surface area (Å²) in [7, 11) is 0. The van der Waals surface area contributed by atoms with Gasteiger partial charge in [-0.05, 0) is 79.5 Å². The molecule has 33 heavy (non-hydrogen) atoms. The molecule has 0 saturated heterocycles. The van der Waals surface area contributed by atoms with Gasteiger partial charge in [0.25, 0.3) is 0 Å². The number of anilines is 1. The van der Waals surface area contributed by atoms with Gasteiger partial charge in [-0.2, -0.15) is 5.10 Å². The number of nitrogens with one attached hydrogen (secondary N) is 2. The Morgan fingerprint density at radius 3 is 2.58 bits per heavy atom. The van der Waals surface area contributed by atoms with Crippen LogP contribution in [0.4, 0.5) is 10.6 Å². The first kappa shape index (κ1) is 26.4. The molecule has 4 N–H and O–H groups in total. The number of amides is 2. The standard InChI is InChI=1S/C24H40N6O3/c1-15(2)26-14-17(13-25)10-22(31)28-21-12-20(30(29-21)24(5,6)7)18-8-9-19(11-18)33-23(32)27-16(3)4/h12-16,18-19H,8-11,25H2,1-7H3,(H,27,32)(H,28,29,31)/b17-13-,26-14?. The number of hydrogen-bond donors (Lipinski definition) is 3. The van der Waals surface area contributed by atoms with Crippen molar-refractivity contribution in [2.24, 2.45) is 10.7 Å². The number of carbonyl (C=O) groups is 2. The van der Waals surface area contributed by atoms with E-state index in [0.717, 1.165) is 25.0 Å². The molecule has 2 atom stereocenters. The fourth-order valence-electron chi connectivity index (χ4n) is 3.79. The van der Waals surface area contributed by atoms with Gasteiger partial charge >= 0.3 is 6.09 Å². The molecule has 1 aliphatic rings. The minimum absolute atomic E-state index is 0.0365. The highest BCUT2D eigenvalue weighted by molar-refractivity contribution is 5.96. The van der Waals surface area contributed by atoms with Gasteiger partial charge in [-0.15, -0.1) is 0 Å². The highest BCUT2D eigenvalue weighted by Gasteiger charge is 2.33. The van der Waals surface area contributed by atoms with Crippen molar-refractivity contribution in [2.45, 2.75) is 104 Å². The van der Waals surface area contributed by atoms with Crippen LogP contribution in [0.25, 0.3) is 0 Å². The normalized spacial score (nSPS) is 19.5. The number of nitrogens with two attached hydrogens (primary N) is 1. The number of ether oxygens (including phenoxy) is 1. The van der Waals surface area contributed by atoms with Gasteiger partial charge in [-0.1, -0.05) is 0 Å². The van der Waals surface area contributed by atoms with Crippen molar-refractivity contribution in [3.05, 3.63) is 23.5 Å². The Balaban J connectivity index is 2.11. The van der Waals surface area contributed by atoms with E-state index < -0.39 is 0 Å². The summed E-state index contributed by atoms with van der Waals surface area (Å²) in [5, 5.41) is 10.3. The van der Waals surface area contributed by atoms with Gasteiger partial charge in [-0.25, -0.2) is 4.79 Å². The van der Waals surface area contributed by atoms with Crippen molar-refractivity contribution in [3.63, 3.8) is 0 Å². The third-order valence-corrected chi connectivity index (χ3v) is 5.24. The highest BCUT2D eigenvalue weighted by Crippen LogP contribution is 2.38. The molecule has 2 rings (SSSR count). The van der Waals surface area contributed by atoms with E-state index in [1.54, 1.807) is 6.21 Å². The minimum Gasteiger partial charge on any atom is -0.446 e. The summed E-state index contributed by atoms with van der Waals surface area (Å²) in [5.41, 5.74) is 7.06. The minimum atomic E-state index is -0.377. The summed E-state index contributed by atoms with van der Waals surface area (Å²) >= 11 is 0. The predicted octanol–water partition coefficient (Wildman–Crippen LogP) is 4.06. The van der Waals surface area contributed by atoms with Gasteiger partial charge in [0.05, 0.1) is 12.0 Å². The van der Waals surface area contributed by atoms with E-state index in [4.69, 9.17) is 10.5 Å². The highest BCUT2D eigenvalue weighted by atomic mass is 16.6. The van der Waals surface area contributed by atoms with E-state index in [2.05, 4.69) is 41.5 Å². The zero-order chi connectivity index (χ0) is 24.8. The molecule has 0 aromatic carbocycles. The van der Waals surface area contributed by atoms with Crippen molar-refractivity contribution < 1.29 is 14.3 Å². The number of alkyl carbamates (subject to hydrolysis) is 1. The van der Waals surface area contributed by atoms with Gasteiger partial charge in [-0.3, -0.25) is 14.5 Å². The van der Waals surface area contributed by atoms with Crippen LogP contribution in [0.15, 0.2) is 22.8 Å². The van der Waals surface area contributed by atoms with Crippen molar-refractivity contribution in [2.75, 3.05) is 5.32 Å². The summed E-state index contributed by atoms with van der Waals surface area (Å²) in [4.78, 5) is 28.9. The summed E-state index contributed by atoms with van der Waals surface area (Å²) in [6.45, 7) is 13.9. The number of hydrogen-bond acceptors (Lipinski definition) is 6. The Morgan fingerprint density at radius 1 is 1.30 bits per heavy atom. The third kappa shape index (κ3) is 8.22. The molecule has 1 aromatic heterocycles. The average Bonchev–Trinajstić information content (AvgIpc) is 3.30. The Kier molecular flexibility index (Phi) is 9.07. The zero-order valence-electron chi connectivity index (χ0n) is 21.0. The summed E-state index contributed by atoms with van der Waals surface area (Å²) < 4.78 is 7.55. The maximum absolute atomic E-state index is 12.6. The van der Waals surface area contributed by atoms with E-state index in [9.17, 15) is 9.59 Å². The predicted molar refractivity (Wildman–Crippen MR) is 132 cm³/mol. The smallest absolute Gasteiger partial charge is 0.407 e. The van der Waals surface area contributed by atoms with Crippen LogP contribution in [0.2, 0.25) is 0 Å². The molecule has 0 spiro atoms. The average molecular weight is 461 g/mol. The van der Waals surface area contributed by atoms with E-state index in [1.165, 1.54) is 6.20 Å². The molecule has 1 aliphatic carbocycles. The lowest BCUT2D eigenvalue weighted by Crippen LogP contribution is -2.33. The number of aliphatic imine (C=N–C) groups is 1. The monoisotopic (exact) mass is 460 g/mol. The second-order valence-electron chi connectivity index (χ2n) is 10.2. The molecule has 1 heterocycles. The van der Waals surface area contributed by atoms with Gasteiger partial charge in [0, 0.05) is 36.0 Å². The molecule has 1 saturated carbocycles. The quantitative estimate of drug-likeness (QED) is 0.505. The number of rotatable bonds is 8. The van der Waals surface area contributed by atoms with Crippen LogP contribution in [0.3, 0.4) is 0 Å². The lowest BCUT2D eigenvalue weighted by atomic mass is 10.0. The fraction of sp³-hybridized carbons (Fsp3) is 0.667. The number of carbonyl (C=O) groups excluding carboxylic acids is 2. The molecule has 0 bridgehead atoms. The Hall–Kier alpha value is -2.84. The van der Waals surface area contributed by atoms with E-state index >= 15 is 0 Å². The van der Waals surface area contributed by atoms with E-state index in [-0.39, 0.29) is 48.1 Å². The zero-order valence-corrected chi connectivity index (χ0v) is 21.0. The lowest BCUT2D eigenvalue weighted by molar-refractivity contribution is -0.115. The van der Waals surface area contributed by atoms with Crippen molar-refractivity contribution in [3.8, 4) is 0 Å². The van der Waals surface area contributed by atoms with Gasteiger partial charge in [0.15, 0.2) is 5.82 Å². The van der Waals surface area contributed by atoms with Crippen LogP contribution in [0.1, 0.15) is 85.8 Å². The first-order valence-electron chi connectivity index (χ1n) is 11.7. The van der Waals surface area contributed by atoms with Crippen LogP contribution < -0.4 is 16.4 Å². The molecule has 184 valence electrons. The van der Waals surface area contributed by atoms with Gasteiger partial charge in [0.1, 0.15) is 6.10 Å². The van der Waals surface area contributed by atoms with E-state index in [0.29, 0.717) is 11.4 Å². The molecule has 1 aromatic rings. The Morgan fingerprint density at radius 2 is 2.00 bits per heavy atom. The van der Waals surface area contributed by atoms with Gasteiger partial charge in [0.2, 0.25) is 5.91 Å². The van der Waals surface area contributed by atoms with Crippen LogP contribution in [-0.2, 0) is 15.1 Å². The molecule has 9 heteroatoms. The maximum Gasteiger partial charge on any atom is 0.407 e. The summed E-state index contributed by atoms with van der Waals surface area (Å²) in [6, 6.07) is 2.09. The SMILES string of the molecule is CC(C)N=C/C(=C\N)CC(=O)Nc1cc(C2CCC(OC(=O)NC(C)C)C2)n(C(C)(C)C)n1. The van der Waals surface area contributed by atoms with Crippen LogP contribution in [-0.4, -0.2) is 46.2 Å². The second kappa shape index (κ2) is 11.3.